The summed E-state index contributed by atoms with van der Waals surface area (Å²) in [4.78, 5) is 16.8. The van der Waals surface area contributed by atoms with Gasteiger partial charge in [-0.25, -0.2) is 9.97 Å². The Morgan fingerprint density at radius 2 is 1.94 bits per heavy atom. The summed E-state index contributed by atoms with van der Waals surface area (Å²) in [5.41, 5.74) is 4.31. The van der Waals surface area contributed by atoms with Gasteiger partial charge in [-0.15, -0.1) is 0 Å². The second-order valence-corrected chi connectivity index (χ2v) is 8.51. The van der Waals surface area contributed by atoms with Crippen LogP contribution in [-0.4, -0.2) is 29.7 Å². The molecule has 9 heteroatoms. The van der Waals surface area contributed by atoms with Crippen molar-refractivity contribution in [2.75, 3.05) is 0 Å². The molecule has 0 bridgehead atoms. The molecule has 0 spiro atoms. The minimum absolute atomic E-state index is 0.129. The van der Waals surface area contributed by atoms with E-state index in [0.717, 1.165) is 22.4 Å². The largest absolute Gasteiger partial charge is 0.456 e. The summed E-state index contributed by atoms with van der Waals surface area (Å²) < 4.78 is 7.71. The Hall–Kier alpha value is -3.96. The maximum Gasteiger partial charge on any atom is 0.148 e. The molecule has 3 aromatic heterocycles. The molecule has 3 heterocycles. The van der Waals surface area contributed by atoms with Crippen LogP contribution in [0.4, 0.5) is 0 Å². The molecule has 1 N–H and O–H groups in total. The van der Waals surface area contributed by atoms with Crippen molar-refractivity contribution in [1.29, 1.82) is 5.26 Å². The van der Waals surface area contributed by atoms with E-state index in [-0.39, 0.29) is 12.0 Å². The molecule has 2 aromatic carbocycles. The predicted octanol–water partition coefficient (Wildman–Crippen LogP) is 5.84. The molecule has 0 aliphatic rings. The van der Waals surface area contributed by atoms with Crippen LogP contribution in [0.2, 0.25) is 5.02 Å². The zero-order valence-corrected chi connectivity index (χ0v) is 19.0. The van der Waals surface area contributed by atoms with Crippen molar-refractivity contribution in [3.05, 3.63) is 59.8 Å². The average molecular weight is 458 g/mol. The Kier molecular flexibility index (Phi) is 5.19. The van der Waals surface area contributed by atoms with Crippen LogP contribution >= 0.6 is 11.6 Å². The quantitative estimate of drug-likeness (QED) is 0.355. The van der Waals surface area contributed by atoms with E-state index in [4.69, 9.17) is 21.3 Å². The zero-order chi connectivity index (χ0) is 23.1. The third-order valence-corrected chi connectivity index (χ3v) is 5.73. The molecule has 8 nitrogen and oxygen atoms in total. The lowest BCUT2D eigenvalue weighted by Gasteiger charge is -2.12. The van der Waals surface area contributed by atoms with Crippen LogP contribution in [-0.2, 0) is 0 Å². The second kappa shape index (κ2) is 8.19. The van der Waals surface area contributed by atoms with E-state index in [2.05, 4.69) is 26.1 Å². The van der Waals surface area contributed by atoms with Crippen molar-refractivity contribution in [1.82, 2.24) is 29.7 Å². The van der Waals surface area contributed by atoms with Gasteiger partial charge in [-0.3, -0.25) is 9.67 Å². The first-order valence-corrected chi connectivity index (χ1v) is 10.8. The van der Waals surface area contributed by atoms with Crippen molar-refractivity contribution < 1.29 is 4.74 Å². The van der Waals surface area contributed by atoms with Crippen LogP contribution in [0.1, 0.15) is 25.7 Å². The molecule has 0 amide bonds. The molecular formula is C24H20ClN7O. The lowest BCUT2D eigenvalue weighted by molar-refractivity contribution is 0.424. The summed E-state index contributed by atoms with van der Waals surface area (Å²) in [7, 11) is 0. The molecule has 0 fully saturated rings. The molecule has 0 aliphatic heterocycles. The number of halogens is 1. The Morgan fingerprint density at radius 1 is 1.12 bits per heavy atom. The average Bonchev–Trinajstić information content (AvgIpc) is 3.42. The highest BCUT2D eigenvalue weighted by Crippen LogP contribution is 2.35. The van der Waals surface area contributed by atoms with Gasteiger partial charge in [0.25, 0.3) is 0 Å². The van der Waals surface area contributed by atoms with Gasteiger partial charge in [0.2, 0.25) is 0 Å². The van der Waals surface area contributed by atoms with Gasteiger partial charge in [0.15, 0.2) is 0 Å². The van der Waals surface area contributed by atoms with Crippen molar-refractivity contribution >= 4 is 33.7 Å². The number of aryl methyl sites for hydroxylation is 1. The van der Waals surface area contributed by atoms with Gasteiger partial charge >= 0.3 is 0 Å². The minimum atomic E-state index is -0.355. The highest BCUT2D eigenvalue weighted by Gasteiger charge is 2.17. The van der Waals surface area contributed by atoms with E-state index in [1.54, 1.807) is 29.3 Å². The number of rotatable bonds is 5. The number of H-pyrrole nitrogens is 1. The predicted molar refractivity (Wildman–Crippen MR) is 126 cm³/mol. The summed E-state index contributed by atoms with van der Waals surface area (Å²) in [6, 6.07) is 11.1. The topological polar surface area (TPSA) is 105 Å². The zero-order valence-electron chi connectivity index (χ0n) is 18.2. The summed E-state index contributed by atoms with van der Waals surface area (Å²) >= 11 is 6.68. The molecular weight excluding hydrogens is 438 g/mol. The molecule has 0 saturated heterocycles. The van der Waals surface area contributed by atoms with E-state index in [1.165, 1.54) is 0 Å². The molecule has 1 atom stereocenters. The molecule has 5 rings (SSSR count). The summed E-state index contributed by atoms with van der Waals surface area (Å²) in [5.74, 6) is 2.08. The summed E-state index contributed by atoms with van der Waals surface area (Å²) in [6.07, 6.45) is 5.16. The Balaban J connectivity index is 1.50. The van der Waals surface area contributed by atoms with Gasteiger partial charge in [-0.1, -0.05) is 25.4 Å². The van der Waals surface area contributed by atoms with Crippen LogP contribution in [0.15, 0.2) is 48.9 Å². The highest BCUT2D eigenvalue weighted by molar-refractivity contribution is 6.36. The Bertz CT molecular complexity index is 1530. The fraction of sp³-hybridized carbons (Fsp3) is 0.208. The maximum absolute atomic E-state index is 9.44. The third kappa shape index (κ3) is 3.88. The first-order valence-electron chi connectivity index (χ1n) is 10.5. The summed E-state index contributed by atoms with van der Waals surface area (Å²) in [6.45, 7) is 5.87. The minimum Gasteiger partial charge on any atom is -0.456 e. The van der Waals surface area contributed by atoms with Crippen LogP contribution in [0, 0.1) is 24.2 Å². The smallest absolute Gasteiger partial charge is 0.148 e. The SMILES string of the molecule is Cc1nc2ccc(Oc3ccc4ncc(-c5cnn(C(C#N)C(C)C)c5)nc4c3Cl)cc2[nH]1. The van der Waals surface area contributed by atoms with Gasteiger partial charge in [0.05, 0.1) is 40.7 Å². The normalized spacial score (nSPS) is 12.4. The molecule has 164 valence electrons. The van der Waals surface area contributed by atoms with Crippen LogP contribution in [0.25, 0.3) is 33.3 Å². The number of fused-ring (bicyclic) bond motifs is 2. The monoisotopic (exact) mass is 457 g/mol. The summed E-state index contributed by atoms with van der Waals surface area (Å²) in [5, 5.41) is 14.2. The Labute approximate surface area is 194 Å². The molecule has 0 radical (unpaired) electrons. The highest BCUT2D eigenvalue weighted by atomic mass is 35.5. The number of nitrogens with one attached hydrogen (secondary N) is 1. The first-order chi connectivity index (χ1) is 15.9. The van der Waals surface area contributed by atoms with Gasteiger partial charge < -0.3 is 9.72 Å². The lowest BCUT2D eigenvalue weighted by atomic mass is 10.1. The van der Waals surface area contributed by atoms with E-state index < -0.39 is 0 Å². The maximum atomic E-state index is 9.44. The first kappa shape index (κ1) is 20.9. The van der Waals surface area contributed by atoms with Crippen molar-refractivity contribution in [2.24, 2.45) is 5.92 Å². The van der Waals surface area contributed by atoms with Gasteiger partial charge in [0, 0.05) is 17.8 Å². The lowest BCUT2D eigenvalue weighted by Crippen LogP contribution is -2.13. The molecule has 5 aromatic rings. The van der Waals surface area contributed by atoms with E-state index in [0.29, 0.717) is 33.2 Å². The Morgan fingerprint density at radius 3 is 2.73 bits per heavy atom. The van der Waals surface area contributed by atoms with Crippen molar-refractivity contribution in [3.63, 3.8) is 0 Å². The number of aromatic amines is 1. The van der Waals surface area contributed by atoms with Crippen LogP contribution in [0.5, 0.6) is 11.5 Å². The molecule has 0 saturated carbocycles. The number of hydrogen-bond donors (Lipinski definition) is 1. The molecule has 0 aliphatic carbocycles. The number of imidazole rings is 1. The number of ether oxygens (including phenoxy) is 1. The molecule has 33 heavy (non-hydrogen) atoms. The number of benzene rings is 2. The van der Waals surface area contributed by atoms with Crippen molar-refractivity contribution in [3.8, 4) is 28.8 Å². The van der Waals surface area contributed by atoms with Crippen LogP contribution in [0.3, 0.4) is 0 Å². The number of aromatic nitrogens is 6. The fourth-order valence-electron chi connectivity index (χ4n) is 3.69. The fourth-order valence-corrected chi connectivity index (χ4v) is 3.93. The van der Waals surface area contributed by atoms with Crippen LogP contribution < -0.4 is 4.74 Å². The van der Waals surface area contributed by atoms with Gasteiger partial charge in [-0.05, 0) is 37.1 Å². The molecule has 1 unspecified atom stereocenters. The second-order valence-electron chi connectivity index (χ2n) is 8.13. The van der Waals surface area contributed by atoms with Crippen molar-refractivity contribution in [2.45, 2.75) is 26.8 Å². The number of nitrogens with zero attached hydrogens (tertiary/aromatic N) is 6. The standard InChI is InChI=1S/C24H20ClN7O/c1-13(2)21(9-26)32-12-15(10-28-32)20-11-27-18-6-7-22(23(25)24(18)31-20)33-16-4-5-17-19(8-16)30-14(3)29-17/h4-8,10-13,21H,1-3H3,(H,29,30). The van der Waals surface area contributed by atoms with Gasteiger partial charge in [0.1, 0.15) is 33.9 Å². The third-order valence-electron chi connectivity index (χ3n) is 5.36. The van der Waals surface area contributed by atoms with Gasteiger partial charge in [-0.2, -0.15) is 10.4 Å². The van der Waals surface area contributed by atoms with E-state index in [1.807, 2.05) is 45.0 Å². The number of nitriles is 1. The van der Waals surface area contributed by atoms with E-state index >= 15 is 0 Å². The van der Waals surface area contributed by atoms with E-state index in [9.17, 15) is 5.26 Å². The number of hydrogen-bond acceptors (Lipinski definition) is 6.